The van der Waals surface area contributed by atoms with Gasteiger partial charge in [-0.2, -0.15) is 0 Å². The summed E-state index contributed by atoms with van der Waals surface area (Å²) in [5.74, 6) is 2.13. The second-order valence-electron chi connectivity index (χ2n) is 7.80. The molecule has 1 saturated heterocycles. The number of morpholine rings is 1. The fraction of sp³-hybridized carbons (Fsp3) is 0.292. The van der Waals surface area contributed by atoms with Crippen LogP contribution in [0.1, 0.15) is 16.8 Å². The molecule has 0 bridgehead atoms. The third kappa shape index (κ3) is 4.28. The van der Waals surface area contributed by atoms with Crippen LogP contribution >= 0.6 is 11.8 Å². The van der Waals surface area contributed by atoms with E-state index in [1.165, 1.54) is 11.1 Å². The van der Waals surface area contributed by atoms with Crippen molar-refractivity contribution in [2.45, 2.75) is 24.8 Å². The van der Waals surface area contributed by atoms with Gasteiger partial charge in [0.15, 0.2) is 5.16 Å². The molecular weight excluding hydrogens is 422 g/mol. The summed E-state index contributed by atoms with van der Waals surface area (Å²) in [6.07, 6.45) is 1.72. The van der Waals surface area contributed by atoms with Crippen molar-refractivity contribution in [2.24, 2.45) is 0 Å². The van der Waals surface area contributed by atoms with Gasteiger partial charge in [-0.05, 0) is 37.6 Å². The van der Waals surface area contributed by atoms with Gasteiger partial charge in [-0.3, -0.25) is 4.57 Å². The number of para-hydroxylation sites is 1. The van der Waals surface area contributed by atoms with E-state index in [0.717, 1.165) is 41.1 Å². The lowest BCUT2D eigenvalue weighted by atomic mass is 10.1. The van der Waals surface area contributed by atoms with Crippen LogP contribution in [0.15, 0.2) is 64.4 Å². The summed E-state index contributed by atoms with van der Waals surface area (Å²) in [4.78, 5) is 6.90. The van der Waals surface area contributed by atoms with E-state index in [1.807, 2.05) is 24.3 Å². The summed E-state index contributed by atoms with van der Waals surface area (Å²) in [5, 5.41) is 9.92. The summed E-state index contributed by atoms with van der Waals surface area (Å²) < 4.78 is 13.4. The van der Waals surface area contributed by atoms with Gasteiger partial charge in [-0.25, -0.2) is 4.98 Å². The molecule has 7 nitrogen and oxygen atoms in total. The number of hydrogen-bond donors (Lipinski definition) is 0. The maximum absolute atomic E-state index is 5.72. The van der Waals surface area contributed by atoms with Gasteiger partial charge in [0.25, 0.3) is 0 Å². The first kappa shape index (κ1) is 20.8. The van der Waals surface area contributed by atoms with Crippen LogP contribution in [0.2, 0.25) is 0 Å². The largest absolute Gasteiger partial charge is 0.444 e. The van der Waals surface area contributed by atoms with Crippen LogP contribution in [0.3, 0.4) is 0 Å². The van der Waals surface area contributed by atoms with Gasteiger partial charge < -0.3 is 14.1 Å². The normalized spacial score (nSPS) is 14.1. The minimum absolute atomic E-state index is 0.634. The number of thioether (sulfide) groups is 1. The molecule has 0 saturated carbocycles. The molecule has 0 radical (unpaired) electrons. The molecular formula is C24H25N5O2S. The molecule has 1 aliphatic rings. The first-order chi connectivity index (χ1) is 15.7. The molecule has 1 fully saturated rings. The molecule has 0 unspecified atom stereocenters. The number of rotatable bonds is 6. The van der Waals surface area contributed by atoms with E-state index in [-0.39, 0.29) is 0 Å². The summed E-state index contributed by atoms with van der Waals surface area (Å²) >= 11 is 1.61. The molecule has 3 heterocycles. The first-order valence-electron chi connectivity index (χ1n) is 10.7. The SMILES string of the molecule is Cc1ccc(-c2nc(CSc3nnc(N4CCOCC4)n3-c3ccccc3C)co2)cc1. The topological polar surface area (TPSA) is 69.2 Å². The molecule has 0 spiro atoms. The number of nitrogens with zero attached hydrogens (tertiary/aromatic N) is 5. The van der Waals surface area contributed by atoms with Crippen LogP contribution in [0, 0.1) is 13.8 Å². The summed E-state index contributed by atoms with van der Waals surface area (Å²) in [6, 6.07) is 16.5. The van der Waals surface area contributed by atoms with E-state index in [1.54, 1.807) is 18.0 Å². The number of aryl methyl sites for hydroxylation is 2. The molecule has 8 heteroatoms. The Morgan fingerprint density at radius 2 is 1.75 bits per heavy atom. The van der Waals surface area contributed by atoms with E-state index in [2.05, 4.69) is 62.8 Å². The van der Waals surface area contributed by atoms with Crippen LogP contribution in [0.5, 0.6) is 0 Å². The monoisotopic (exact) mass is 447 g/mol. The summed E-state index contributed by atoms with van der Waals surface area (Å²) in [7, 11) is 0. The molecule has 0 amide bonds. The zero-order valence-corrected chi connectivity index (χ0v) is 19.0. The molecule has 4 aromatic rings. The minimum Gasteiger partial charge on any atom is -0.444 e. The highest BCUT2D eigenvalue weighted by Gasteiger charge is 2.23. The zero-order valence-electron chi connectivity index (χ0n) is 18.2. The fourth-order valence-electron chi connectivity index (χ4n) is 3.69. The fourth-order valence-corrected chi connectivity index (χ4v) is 4.51. The van der Waals surface area contributed by atoms with Crippen molar-refractivity contribution in [1.29, 1.82) is 0 Å². The number of aromatic nitrogens is 4. The van der Waals surface area contributed by atoms with Gasteiger partial charge in [0.1, 0.15) is 6.26 Å². The third-order valence-corrected chi connectivity index (χ3v) is 6.43. The van der Waals surface area contributed by atoms with E-state index >= 15 is 0 Å². The first-order valence-corrected chi connectivity index (χ1v) is 11.7. The lowest BCUT2D eigenvalue weighted by molar-refractivity contribution is 0.122. The Labute approximate surface area is 191 Å². The van der Waals surface area contributed by atoms with Crippen molar-refractivity contribution in [3.05, 3.63) is 71.6 Å². The Balaban J connectivity index is 1.41. The highest BCUT2D eigenvalue weighted by Crippen LogP contribution is 2.31. The van der Waals surface area contributed by atoms with Crippen LogP contribution in [-0.2, 0) is 10.5 Å². The molecule has 0 atom stereocenters. The van der Waals surface area contributed by atoms with E-state index in [0.29, 0.717) is 24.9 Å². The summed E-state index contributed by atoms with van der Waals surface area (Å²) in [5.41, 5.74) is 5.32. The molecule has 2 aromatic heterocycles. The van der Waals surface area contributed by atoms with Crippen molar-refractivity contribution >= 4 is 17.7 Å². The molecule has 2 aromatic carbocycles. The average molecular weight is 448 g/mol. The Bertz CT molecular complexity index is 1200. The van der Waals surface area contributed by atoms with Crippen LogP contribution in [0.4, 0.5) is 5.95 Å². The van der Waals surface area contributed by atoms with Crippen LogP contribution in [-0.4, -0.2) is 46.1 Å². The van der Waals surface area contributed by atoms with Crippen molar-refractivity contribution < 1.29 is 9.15 Å². The quantitative estimate of drug-likeness (QED) is 0.398. The Kier molecular flexibility index (Phi) is 5.96. The second-order valence-corrected chi connectivity index (χ2v) is 8.75. The molecule has 164 valence electrons. The van der Waals surface area contributed by atoms with Gasteiger partial charge in [-0.1, -0.05) is 47.7 Å². The van der Waals surface area contributed by atoms with Gasteiger partial charge in [0, 0.05) is 24.4 Å². The smallest absolute Gasteiger partial charge is 0.232 e. The van der Waals surface area contributed by atoms with Crippen molar-refractivity contribution in [1.82, 2.24) is 19.7 Å². The van der Waals surface area contributed by atoms with E-state index in [9.17, 15) is 0 Å². The predicted octanol–water partition coefficient (Wildman–Crippen LogP) is 4.67. The number of benzene rings is 2. The Hall–Kier alpha value is -3.10. The van der Waals surface area contributed by atoms with E-state index < -0.39 is 0 Å². The van der Waals surface area contributed by atoms with E-state index in [4.69, 9.17) is 9.15 Å². The highest BCUT2D eigenvalue weighted by atomic mass is 32.2. The molecule has 32 heavy (non-hydrogen) atoms. The standard InChI is InChI=1S/C24H25N5O2S/c1-17-7-9-19(10-8-17)22-25-20(15-31-22)16-32-24-27-26-23(28-11-13-30-14-12-28)29(24)21-6-4-3-5-18(21)2/h3-10,15H,11-14,16H2,1-2H3. The lowest BCUT2D eigenvalue weighted by Crippen LogP contribution is -2.38. The maximum atomic E-state index is 5.72. The van der Waals surface area contributed by atoms with Gasteiger partial charge in [0.2, 0.25) is 11.8 Å². The molecule has 1 aliphatic heterocycles. The zero-order chi connectivity index (χ0) is 21.9. The molecule has 0 N–H and O–H groups in total. The Morgan fingerprint density at radius 3 is 2.53 bits per heavy atom. The van der Waals surface area contributed by atoms with Crippen molar-refractivity contribution in [3.8, 4) is 17.1 Å². The van der Waals surface area contributed by atoms with Crippen molar-refractivity contribution in [3.63, 3.8) is 0 Å². The van der Waals surface area contributed by atoms with Gasteiger partial charge in [0.05, 0.1) is 24.6 Å². The predicted molar refractivity (Wildman–Crippen MR) is 125 cm³/mol. The maximum Gasteiger partial charge on any atom is 0.232 e. The number of hydrogen-bond acceptors (Lipinski definition) is 7. The third-order valence-electron chi connectivity index (χ3n) is 5.47. The lowest BCUT2D eigenvalue weighted by Gasteiger charge is -2.28. The number of ether oxygens (including phenoxy) is 1. The summed E-state index contributed by atoms with van der Waals surface area (Å²) in [6.45, 7) is 7.18. The van der Waals surface area contributed by atoms with Crippen LogP contribution < -0.4 is 4.90 Å². The molecule has 5 rings (SSSR count). The van der Waals surface area contributed by atoms with Gasteiger partial charge in [-0.15, -0.1) is 10.2 Å². The minimum atomic E-state index is 0.634. The average Bonchev–Trinajstić information content (AvgIpc) is 3.46. The number of oxazole rings is 1. The highest BCUT2D eigenvalue weighted by molar-refractivity contribution is 7.98. The van der Waals surface area contributed by atoms with Gasteiger partial charge >= 0.3 is 0 Å². The van der Waals surface area contributed by atoms with Crippen LogP contribution in [0.25, 0.3) is 17.1 Å². The Morgan fingerprint density at radius 1 is 0.969 bits per heavy atom. The number of anilines is 1. The van der Waals surface area contributed by atoms with Crippen molar-refractivity contribution in [2.75, 3.05) is 31.2 Å². The second kappa shape index (κ2) is 9.18. The molecule has 0 aliphatic carbocycles.